The Labute approximate surface area is 129 Å². The maximum Gasteiger partial charge on any atom is 0.226 e. The van der Waals surface area contributed by atoms with E-state index in [1.165, 1.54) is 0 Å². The molecule has 5 nitrogen and oxygen atoms in total. The fraction of sp³-hybridized carbons (Fsp3) is 0.267. The van der Waals surface area contributed by atoms with Gasteiger partial charge in [0.1, 0.15) is 11.5 Å². The zero-order valence-electron chi connectivity index (χ0n) is 12.3. The van der Waals surface area contributed by atoms with E-state index in [0.29, 0.717) is 16.7 Å². The van der Waals surface area contributed by atoms with Gasteiger partial charge in [0.2, 0.25) is 5.95 Å². The van der Waals surface area contributed by atoms with Gasteiger partial charge >= 0.3 is 0 Å². The number of aromatic nitrogens is 2. The number of anilines is 1. The minimum atomic E-state index is -0.0608. The van der Waals surface area contributed by atoms with Crippen LogP contribution in [0.4, 0.5) is 5.95 Å². The second-order valence-electron chi connectivity index (χ2n) is 4.95. The van der Waals surface area contributed by atoms with Crippen LogP contribution >= 0.6 is 11.6 Å². The number of amidine groups is 1. The number of nitrogens with zero attached hydrogens (tertiary/aromatic N) is 3. The molecule has 0 radical (unpaired) electrons. The van der Waals surface area contributed by atoms with Crippen LogP contribution in [0.15, 0.2) is 30.3 Å². The monoisotopic (exact) mass is 303 g/mol. The van der Waals surface area contributed by atoms with Crippen molar-refractivity contribution in [1.29, 1.82) is 5.41 Å². The summed E-state index contributed by atoms with van der Waals surface area (Å²) in [5, 5.41) is 8.23. The molecule has 0 fully saturated rings. The van der Waals surface area contributed by atoms with Gasteiger partial charge in [0.05, 0.1) is 6.04 Å². The maximum atomic E-state index is 7.52. The quantitative estimate of drug-likeness (QED) is 0.672. The Kier molecular flexibility index (Phi) is 4.43. The highest BCUT2D eigenvalue weighted by Gasteiger charge is 2.16. The van der Waals surface area contributed by atoms with Crippen LogP contribution in [0.3, 0.4) is 0 Å². The number of rotatable bonds is 4. The van der Waals surface area contributed by atoms with Gasteiger partial charge in [-0.05, 0) is 37.6 Å². The fourth-order valence-electron chi connectivity index (χ4n) is 1.99. The first-order valence-corrected chi connectivity index (χ1v) is 6.94. The number of halogens is 1. The third-order valence-electron chi connectivity index (χ3n) is 3.37. The molecule has 1 unspecified atom stereocenters. The minimum Gasteiger partial charge on any atom is -0.382 e. The first kappa shape index (κ1) is 15.3. The zero-order chi connectivity index (χ0) is 15.6. The highest BCUT2D eigenvalue weighted by Crippen LogP contribution is 2.24. The highest BCUT2D eigenvalue weighted by molar-refractivity contribution is 6.30. The molecule has 0 saturated carbocycles. The summed E-state index contributed by atoms with van der Waals surface area (Å²) in [5.41, 5.74) is 7.84. The topological polar surface area (TPSA) is 78.9 Å². The van der Waals surface area contributed by atoms with Gasteiger partial charge in [-0.3, -0.25) is 5.41 Å². The van der Waals surface area contributed by atoms with E-state index >= 15 is 0 Å². The van der Waals surface area contributed by atoms with E-state index in [0.717, 1.165) is 11.3 Å². The smallest absolute Gasteiger partial charge is 0.226 e. The summed E-state index contributed by atoms with van der Waals surface area (Å²) in [6.07, 6.45) is 0. The molecular weight excluding hydrogens is 286 g/mol. The zero-order valence-corrected chi connectivity index (χ0v) is 13.0. The molecule has 6 heteroatoms. The van der Waals surface area contributed by atoms with Crippen molar-refractivity contribution in [2.75, 3.05) is 11.9 Å². The predicted octanol–water partition coefficient (Wildman–Crippen LogP) is 2.92. The van der Waals surface area contributed by atoms with Crippen LogP contribution in [-0.2, 0) is 0 Å². The SMILES string of the molecule is Cc1cc(C(=N)N)nc(N(C)C(C)c2ccc(Cl)cc2)n1. The summed E-state index contributed by atoms with van der Waals surface area (Å²) in [7, 11) is 1.91. The third kappa shape index (κ3) is 3.49. The van der Waals surface area contributed by atoms with Crippen molar-refractivity contribution >= 4 is 23.4 Å². The number of hydrogen-bond donors (Lipinski definition) is 2. The van der Waals surface area contributed by atoms with Crippen LogP contribution in [0.25, 0.3) is 0 Å². The summed E-state index contributed by atoms with van der Waals surface area (Å²) in [4.78, 5) is 10.7. The van der Waals surface area contributed by atoms with E-state index in [2.05, 4.69) is 16.9 Å². The van der Waals surface area contributed by atoms with Crippen molar-refractivity contribution in [3.05, 3.63) is 52.3 Å². The summed E-state index contributed by atoms with van der Waals surface area (Å²) in [6.45, 7) is 3.92. The average molecular weight is 304 g/mol. The second kappa shape index (κ2) is 6.10. The number of hydrogen-bond acceptors (Lipinski definition) is 4. The van der Waals surface area contributed by atoms with Crippen molar-refractivity contribution in [3.8, 4) is 0 Å². The Morgan fingerprint density at radius 1 is 1.29 bits per heavy atom. The van der Waals surface area contributed by atoms with E-state index in [-0.39, 0.29) is 11.9 Å². The van der Waals surface area contributed by atoms with Crippen LogP contribution in [0.5, 0.6) is 0 Å². The molecule has 0 aliphatic rings. The van der Waals surface area contributed by atoms with Crippen LogP contribution in [0.1, 0.15) is 29.9 Å². The van der Waals surface area contributed by atoms with E-state index < -0.39 is 0 Å². The Morgan fingerprint density at radius 2 is 1.90 bits per heavy atom. The number of nitrogens with one attached hydrogen (secondary N) is 1. The molecule has 1 atom stereocenters. The van der Waals surface area contributed by atoms with Gasteiger partial charge in [-0.2, -0.15) is 0 Å². The van der Waals surface area contributed by atoms with Crippen LogP contribution < -0.4 is 10.6 Å². The predicted molar refractivity (Wildman–Crippen MR) is 86.1 cm³/mol. The van der Waals surface area contributed by atoms with Gasteiger partial charge < -0.3 is 10.6 Å². The minimum absolute atomic E-state index is 0.0608. The molecule has 3 N–H and O–H groups in total. The van der Waals surface area contributed by atoms with Crippen molar-refractivity contribution in [1.82, 2.24) is 9.97 Å². The van der Waals surface area contributed by atoms with Crippen molar-refractivity contribution < 1.29 is 0 Å². The first-order chi connectivity index (χ1) is 9.88. The average Bonchev–Trinajstić information content (AvgIpc) is 2.45. The maximum absolute atomic E-state index is 7.52. The lowest BCUT2D eigenvalue weighted by molar-refractivity contribution is 0.712. The van der Waals surface area contributed by atoms with Gasteiger partial charge in [0.15, 0.2) is 0 Å². The molecule has 0 saturated heterocycles. The lowest BCUT2D eigenvalue weighted by Gasteiger charge is -2.26. The Bertz CT molecular complexity index is 654. The van der Waals surface area contributed by atoms with Gasteiger partial charge in [-0.15, -0.1) is 0 Å². The molecule has 0 bridgehead atoms. The van der Waals surface area contributed by atoms with Gasteiger partial charge in [-0.25, -0.2) is 9.97 Å². The molecule has 0 aliphatic heterocycles. The van der Waals surface area contributed by atoms with Crippen molar-refractivity contribution in [3.63, 3.8) is 0 Å². The lowest BCUT2D eigenvalue weighted by atomic mass is 10.1. The fourth-order valence-corrected chi connectivity index (χ4v) is 2.11. The molecule has 2 rings (SSSR count). The molecular formula is C15H18ClN5. The molecule has 21 heavy (non-hydrogen) atoms. The van der Waals surface area contributed by atoms with Crippen LogP contribution in [0.2, 0.25) is 5.02 Å². The summed E-state index contributed by atoms with van der Waals surface area (Å²) in [6, 6.07) is 9.45. The molecule has 0 aliphatic carbocycles. The van der Waals surface area contributed by atoms with Crippen LogP contribution in [0, 0.1) is 12.3 Å². The molecule has 2 aromatic rings. The number of nitrogen functional groups attached to an aromatic ring is 1. The molecule has 0 spiro atoms. The van der Waals surface area contributed by atoms with Crippen molar-refractivity contribution in [2.45, 2.75) is 19.9 Å². The first-order valence-electron chi connectivity index (χ1n) is 6.57. The lowest BCUT2D eigenvalue weighted by Crippen LogP contribution is -2.25. The molecule has 110 valence electrons. The van der Waals surface area contributed by atoms with E-state index in [9.17, 15) is 0 Å². The third-order valence-corrected chi connectivity index (χ3v) is 3.62. The largest absolute Gasteiger partial charge is 0.382 e. The Balaban J connectivity index is 2.32. The van der Waals surface area contributed by atoms with Crippen molar-refractivity contribution in [2.24, 2.45) is 5.73 Å². The van der Waals surface area contributed by atoms with E-state index in [1.54, 1.807) is 6.07 Å². The van der Waals surface area contributed by atoms with Gasteiger partial charge in [0, 0.05) is 17.8 Å². The second-order valence-corrected chi connectivity index (χ2v) is 5.38. The standard InChI is InChI=1S/C15H18ClN5/c1-9-8-13(14(17)18)20-15(19-9)21(3)10(2)11-4-6-12(16)7-5-11/h4-8,10H,1-3H3,(H3,17,18). The number of benzene rings is 1. The Hall–Kier alpha value is -2.14. The van der Waals surface area contributed by atoms with Gasteiger partial charge in [0.25, 0.3) is 0 Å². The summed E-state index contributed by atoms with van der Waals surface area (Å²) < 4.78 is 0. The number of aryl methyl sites for hydroxylation is 1. The summed E-state index contributed by atoms with van der Waals surface area (Å²) in [5.74, 6) is 0.483. The Morgan fingerprint density at radius 3 is 2.48 bits per heavy atom. The molecule has 1 aromatic carbocycles. The normalized spacial score (nSPS) is 12.0. The number of nitrogens with two attached hydrogens (primary N) is 1. The summed E-state index contributed by atoms with van der Waals surface area (Å²) >= 11 is 5.91. The molecule has 1 heterocycles. The molecule has 0 amide bonds. The highest BCUT2D eigenvalue weighted by atomic mass is 35.5. The van der Waals surface area contributed by atoms with E-state index in [1.807, 2.05) is 43.1 Å². The molecule has 1 aromatic heterocycles. The van der Waals surface area contributed by atoms with E-state index in [4.69, 9.17) is 22.7 Å². The van der Waals surface area contributed by atoms with Gasteiger partial charge in [-0.1, -0.05) is 23.7 Å². The van der Waals surface area contributed by atoms with Crippen LogP contribution in [-0.4, -0.2) is 22.9 Å².